The minimum absolute atomic E-state index is 0.301. The molecule has 0 aliphatic rings. The highest BCUT2D eigenvalue weighted by Crippen LogP contribution is 2.17. The third-order valence-electron chi connectivity index (χ3n) is 7.55. The SMILES string of the molecule is CCCCc1ccc(N=Cc2ccc(OCCCCCOC(=O)c3ccc(C=Nc4ccc(CCCC)cc4)cc3)cc2)cc1. The maximum atomic E-state index is 12.4. The van der Waals surface area contributed by atoms with Gasteiger partial charge in [-0.3, -0.25) is 9.98 Å². The molecule has 0 saturated heterocycles. The Morgan fingerprint density at radius 3 is 1.58 bits per heavy atom. The Morgan fingerprint density at radius 2 is 1.07 bits per heavy atom. The maximum absolute atomic E-state index is 12.4. The first-order valence-corrected chi connectivity index (χ1v) is 16.4. The molecule has 5 heteroatoms. The third-order valence-corrected chi connectivity index (χ3v) is 7.55. The molecule has 234 valence electrons. The molecule has 0 aliphatic heterocycles. The molecule has 0 amide bonds. The van der Waals surface area contributed by atoms with E-state index in [-0.39, 0.29) is 5.97 Å². The summed E-state index contributed by atoms with van der Waals surface area (Å²) >= 11 is 0. The van der Waals surface area contributed by atoms with Gasteiger partial charge in [-0.1, -0.05) is 63.1 Å². The van der Waals surface area contributed by atoms with Crippen LogP contribution < -0.4 is 4.74 Å². The van der Waals surface area contributed by atoms with Gasteiger partial charge in [0.05, 0.1) is 30.2 Å². The molecule has 0 bridgehead atoms. The van der Waals surface area contributed by atoms with Crippen LogP contribution in [0.15, 0.2) is 107 Å². The molecule has 0 radical (unpaired) electrons. The van der Waals surface area contributed by atoms with Gasteiger partial charge in [0.25, 0.3) is 0 Å². The predicted molar refractivity (Wildman–Crippen MR) is 187 cm³/mol. The fourth-order valence-electron chi connectivity index (χ4n) is 4.73. The van der Waals surface area contributed by atoms with E-state index < -0.39 is 0 Å². The summed E-state index contributed by atoms with van der Waals surface area (Å²) in [6.45, 7) is 5.44. The molecule has 4 rings (SSSR count). The quantitative estimate of drug-likeness (QED) is 0.0647. The van der Waals surface area contributed by atoms with Crippen molar-refractivity contribution in [2.24, 2.45) is 9.98 Å². The Bertz CT molecular complexity index is 1470. The molecule has 0 heterocycles. The molecule has 0 saturated carbocycles. The normalized spacial score (nSPS) is 11.3. The molecule has 0 unspecified atom stereocenters. The summed E-state index contributed by atoms with van der Waals surface area (Å²) in [6, 6.07) is 32.2. The first kappa shape index (κ1) is 33.4. The van der Waals surface area contributed by atoms with Gasteiger partial charge in [0.2, 0.25) is 0 Å². The molecule has 45 heavy (non-hydrogen) atoms. The second kappa shape index (κ2) is 19.0. The van der Waals surface area contributed by atoms with Gasteiger partial charge in [-0.15, -0.1) is 0 Å². The summed E-state index contributed by atoms with van der Waals surface area (Å²) in [6.07, 6.45) is 13.4. The molecule has 0 N–H and O–H groups in total. The van der Waals surface area contributed by atoms with Gasteiger partial charge in [-0.2, -0.15) is 0 Å². The molecule has 0 aliphatic carbocycles. The number of esters is 1. The van der Waals surface area contributed by atoms with E-state index >= 15 is 0 Å². The van der Waals surface area contributed by atoms with E-state index in [1.165, 1.54) is 36.8 Å². The van der Waals surface area contributed by atoms with Crippen LogP contribution in [0.2, 0.25) is 0 Å². The van der Waals surface area contributed by atoms with Crippen molar-refractivity contribution in [3.63, 3.8) is 0 Å². The lowest BCUT2D eigenvalue weighted by atomic mass is 10.1. The summed E-state index contributed by atoms with van der Waals surface area (Å²) in [5.41, 5.74) is 7.10. The number of rotatable bonds is 18. The average Bonchev–Trinajstić information content (AvgIpc) is 3.09. The van der Waals surface area contributed by atoms with Crippen LogP contribution in [0.4, 0.5) is 11.4 Å². The number of carbonyl (C=O) groups is 1. The minimum atomic E-state index is -0.301. The fraction of sp³-hybridized carbons (Fsp3) is 0.325. The maximum Gasteiger partial charge on any atom is 0.338 e. The molecule has 5 nitrogen and oxygen atoms in total. The van der Waals surface area contributed by atoms with E-state index in [9.17, 15) is 4.79 Å². The van der Waals surface area contributed by atoms with E-state index in [1.54, 1.807) is 12.1 Å². The van der Waals surface area contributed by atoms with Crippen LogP contribution in [0, 0.1) is 0 Å². The zero-order valence-corrected chi connectivity index (χ0v) is 26.8. The molecule has 0 spiro atoms. The lowest BCUT2D eigenvalue weighted by Crippen LogP contribution is -2.07. The lowest BCUT2D eigenvalue weighted by Gasteiger charge is -2.07. The first-order chi connectivity index (χ1) is 22.1. The van der Waals surface area contributed by atoms with Gasteiger partial charge >= 0.3 is 5.97 Å². The van der Waals surface area contributed by atoms with E-state index in [2.05, 4.69) is 60.2 Å². The first-order valence-electron chi connectivity index (χ1n) is 16.4. The summed E-state index contributed by atoms with van der Waals surface area (Å²) < 4.78 is 11.3. The second-order valence-electron chi connectivity index (χ2n) is 11.3. The Hall–Kier alpha value is -4.51. The van der Waals surface area contributed by atoms with Crippen LogP contribution in [-0.2, 0) is 17.6 Å². The number of hydrogen-bond acceptors (Lipinski definition) is 5. The molecule has 0 fully saturated rings. The lowest BCUT2D eigenvalue weighted by molar-refractivity contribution is 0.0497. The highest BCUT2D eigenvalue weighted by atomic mass is 16.5. The van der Waals surface area contributed by atoms with Crippen molar-refractivity contribution in [1.29, 1.82) is 0 Å². The van der Waals surface area contributed by atoms with Gasteiger partial charge in [-0.25, -0.2) is 4.79 Å². The van der Waals surface area contributed by atoms with Crippen molar-refractivity contribution >= 4 is 29.8 Å². The number of benzene rings is 4. The fourth-order valence-corrected chi connectivity index (χ4v) is 4.73. The van der Waals surface area contributed by atoms with Crippen LogP contribution >= 0.6 is 0 Å². The monoisotopic (exact) mass is 602 g/mol. The standard InChI is InChI=1S/C40H46N2O3/c1-3-5-10-32-14-22-37(23-15-32)41-30-34-12-20-36(21-13-34)40(43)45-29-9-7-8-28-44-39-26-18-35(19-27-39)31-42-38-24-16-33(17-25-38)11-6-4-2/h12-27,30-31H,3-11,28-29H2,1-2H3. The largest absolute Gasteiger partial charge is 0.494 e. The molecule has 0 atom stereocenters. The predicted octanol–water partition coefficient (Wildman–Crippen LogP) is 10.3. The number of hydrogen-bond donors (Lipinski definition) is 0. The molecule has 4 aromatic carbocycles. The average molecular weight is 603 g/mol. The van der Waals surface area contributed by atoms with Crippen LogP contribution in [0.1, 0.15) is 91.4 Å². The Morgan fingerprint density at radius 1 is 0.578 bits per heavy atom. The van der Waals surface area contributed by atoms with Crippen LogP contribution in [-0.4, -0.2) is 31.6 Å². The van der Waals surface area contributed by atoms with Crippen LogP contribution in [0.5, 0.6) is 5.75 Å². The Kier molecular flexibility index (Phi) is 14.1. The van der Waals surface area contributed by atoms with Gasteiger partial charge in [0.1, 0.15) is 5.75 Å². The van der Waals surface area contributed by atoms with Gasteiger partial charge in [-0.05, 0) is 128 Å². The van der Waals surface area contributed by atoms with Crippen LogP contribution in [0.25, 0.3) is 0 Å². The van der Waals surface area contributed by atoms with E-state index in [1.807, 2.05) is 61.0 Å². The Labute approximate surface area is 269 Å². The van der Waals surface area contributed by atoms with Gasteiger partial charge < -0.3 is 9.47 Å². The van der Waals surface area contributed by atoms with Gasteiger partial charge in [0, 0.05) is 12.4 Å². The number of ether oxygens (including phenoxy) is 2. The molecule has 4 aromatic rings. The molecule has 0 aromatic heterocycles. The highest BCUT2D eigenvalue weighted by Gasteiger charge is 2.06. The summed E-state index contributed by atoms with van der Waals surface area (Å²) in [5, 5.41) is 0. The summed E-state index contributed by atoms with van der Waals surface area (Å²) in [5.74, 6) is 0.540. The second-order valence-corrected chi connectivity index (χ2v) is 11.3. The van der Waals surface area contributed by atoms with Crippen LogP contribution in [0.3, 0.4) is 0 Å². The highest BCUT2D eigenvalue weighted by molar-refractivity contribution is 5.91. The van der Waals surface area contributed by atoms with Crippen molar-refractivity contribution in [2.45, 2.75) is 71.6 Å². The Balaban J connectivity index is 1.08. The van der Waals surface area contributed by atoms with Crippen molar-refractivity contribution in [1.82, 2.24) is 0 Å². The number of aryl methyl sites for hydroxylation is 2. The summed E-state index contributed by atoms with van der Waals surface area (Å²) in [4.78, 5) is 21.6. The van der Waals surface area contributed by atoms with Gasteiger partial charge in [0.15, 0.2) is 0 Å². The molecular formula is C40H46N2O3. The number of carbonyl (C=O) groups excluding carboxylic acids is 1. The number of aliphatic imine (C=N–C) groups is 2. The number of nitrogens with zero attached hydrogens (tertiary/aromatic N) is 2. The number of unbranched alkanes of at least 4 members (excludes halogenated alkanes) is 4. The topological polar surface area (TPSA) is 60.2 Å². The van der Waals surface area contributed by atoms with Crippen molar-refractivity contribution in [2.75, 3.05) is 13.2 Å². The van der Waals surface area contributed by atoms with E-state index in [0.29, 0.717) is 18.8 Å². The molecular weight excluding hydrogens is 556 g/mol. The van der Waals surface area contributed by atoms with Crippen molar-refractivity contribution < 1.29 is 14.3 Å². The zero-order valence-electron chi connectivity index (χ0n) is 26.8. The van der Waals surface area contributed by atoms with E-state index in [0.717, 1.165) is 60.4 Å². The zero-order chi connectivity index (χ0) is 31.5. The smallest absolute Gasteiger partial charge is 0.338 e. The summed E-state index contributed by atoms with van der Waals surface area (Å²) in [7, 11) is 0. The van der Waals surface area contributed by atoms with E-state index in [4.69, 9.17) is 9.47 Å². The van der Waals surface area contributed by atoms with Crippen molar-refractivity contribution in [3.05, 3.63) is 125 Å². The minimum Gasteiger partial charge on any atom is -0.494 e. The van der Waals surface area contributed by atoms with Crippen molar-refractivity contribution in [3.8, 4) is 5.75 Å². The third kappa shape index (κ3) is 12.2.